The molecular formula is C21H21BrClNO3S. The lowest BCUT2D eigenvalue weighted by Crippen LogP contribution is -2.29. The average molecular weight is 483 g/mol. The highest BCUT2D eigenvalue weighted by Gasteiger charge is 2.33. The van der Waals surface area contributed by atoms with Gasteiger partial charge in [-0.05, 0) is 73.0 Å². The molecular weight excluding hydrogens is 462 g/mol. The number of hydrogen-bond acceptors (Lipinski definition) is 5. The van der Waals surface area contributed by atoms with Crippen molar-refractivity contribution in [2.45, 2.75) is 39.4 Å². The molecule has 1 unspecified atom stereocenters. The van der Waals surface area contributed by atoms with Gasteiger partial charge in [0.25, 0.3) is 0 Å². The predicted octanol–water partition coefficient (Wildman–Crippen LogP) is 6.72. The zero-order valence-electron chi connectivity index (χ0n) is 16.3. The fourth-order valence-electron chi connectivity index (χ4n) is 3.11. The van der Waals surface area contributed by atoms with Gasteiger partial charge >= 0.3 is 5.97 Å². The van der Waals surface area contributed by atoms with Crippen LogP contribution >= 0.6 is 38.9 Å². The maximum atomic E-state index is 12.7. The summed E-state index contributed by atoms with van der Waals surface area (Å²) in [7, 11) is 1.38. The summed E-state index contributed by atoms with van der Waals surface area (Å²) in [5.74, 6) is -0.434. The molecule has 0 N–H and O–H groups in total. The Hall–Kier alpha value is -1.47. The van der Waals surface area contributed by atoms with Gasteiger partial charge in [-0.1, -0.05) is 23.7 Å². The molecule has 0 radical (unpaired) electrons. The van der Waals surface area contributed by atoms with E-state index in [0.717, 1.165) is 36.4 Å². The highest BCUT2D eigenvalue weighted by atomic mass is 79.9. The molecule has 2 aromatic carbocycles. The van der Waals surface area contributed by atoms with Gasteiger partial charge in [0.2, 0.25) is 0 Å². The molecule has 3 rings (SSSR count). The molecule has 0 bridgehead atoms. The Kier molecular flexibility index (Phi) is 6.15. The maximum Gasteiger partial charge on any atom is 0.339 e. The predicted molar refractivity (Wildman–Crippen MR) is 118 cm³/mol. The average Bonchev–Trinajstić information content (AvgIpc) is 2.97. The van der Waals surface area contributed by atoms with Gasteiger partial charge in [-0.3, -0.25) is 0 Å². The van der Waals surface area contributed by atoms with Gasteiger partial charge in [-0.15, -0.1) is 11.3 Å². The molecule has 0 spiro atoms. The van der Waals surface area contributed by atoms with E-state index in [1.165, 1.54) is 18.4 Å². The number of carbonyl (C=O) groups is 1. The summed E-state index contributed by atoms with van der Waals surface area (Å²) in [6.45, 7) is 7.72. The molecule has 28 heavy (non-hydrogen) atoms. The van der Waals surface area contributed by atoms with E-state index in [1.807, 2.05) is 58.0 Å². The van der Waals surface area contributed by atoms with Gasteiger partial charge in [0.05, 0.1) is 22.9 Å². The van der Waals surface area contributed by atoms with Gasteiger partial charge in [0.1, 0.15) is 0 Å². The van der Waals surface area contributed by atoms with Crippen LogP contribution in [0.2, 0.25) is 5.02 Å². The first-order chi connectivity index (χ1) is 13.1. The van der Waals surface area contributed by atoms with E-state index < -0.39 is 17.7 Å². The second-order valence-corrected chi connectivity index (χ2v) is 10.1. The van der Waals surface area contributed by atoms with Gasteiger partial charge in [0.15, 0.2) is 10.0 Å². The smallest absolute Gasteiger partial charge is 0.339 e. The molecule has 0 saturated heterocycles. The van der Waals surface area contributed by atoms with Crippen LogP contribution in [-0.4, -0.2) is 23.7 Å². The van der Waals surface area contributed by atoms with E-state index in [0.29, 0.717) is 5.02 Å². The summed E-state index contributed by atoms with van der Waals surface area (Å²) in [5.41, 5.74) is 3.88. The van der Waals surface area contributed by atoms with Crippen LogP contribution in [0.1, 0.15) is 38.0 Å². The van der Waals surface area contributed by atoms with Crippen molar-refractivity contribution in [2.24, 2.45) is 0 Å². The van der Waals surface area contributed by atoms with Crippen molar-refractivity contribution in [3.8, 4) is 11.1 Å². The summed E-state index contributed by atoms with van der Waals surface area (Å²) in [6, 6.07) is 9.54. The molecule has 1 atom stereocenters. The Balaban J connectivity index is 2.36. The number of esters is 1. The number of ether oxygens (including phenoxy) is 2. The number of thiazole rings is 1. The topological polar surface area (TPSA) is 48.4 Å². The Bertz CT molecular complexity index is 1020. The largest absolute Gasteiger partial charge is 0.467 e. The Labute approximate surface area is 182 Å². The third-order valence-corrected chi connectivity index (χ3v) is 5.98. The minimum Gasteiger partial charge on any atom is -0.467 e. The molecule has 0 fully saturated rings. The molecule has 0 aliphatic rings. The zero-order chi connectivity index (χ0) is 20.6. The molecule has 0 aliphatic heterocycles. The maximum absolute atomic E-state index is 12.7. The van der Waals surface area contributed by atoms with Gasteiger partial charge < -0.3 is 9.47 Å². The van der Waals surface area contributed by atoms with E-state index in [-0.39, 0.29) is 0 Å². The standard InChI is InChI=1S/C21H21BrClNO3S/c1-11-10-14-18(28-20(22)24-14)16(12-6-8-13(23)9-7-12)15(11)17(19(25)26-5)27-21(2,3)4/h6-10,17H,1-5H3. The van der Waals surface area contributed by atoms with Crippen LogP contribution in [0.4, 0.5) is 0 Å². The number of rotatable bonds is 4. The SMILES string of the molecule is COC(=O)C(OC(C)(C)C)c1c(C)cc2nc(Br)sc2c1-c1ccc(Cl)cc1. The van der Waals surface area contributed by atoms with E-state index in [9.17, 15) is 4.79 Å². The summed E-state index contributed by atoms with van der Waals surface area (Å²) < 4.78 is 13.0. The van der Waals surface area contributed by atoms with Gasteiger partial charge in [-0.25, -0.2) is 9.78 Å². The highest BCUT2D eigenvalue weighted by molar-refractivity contribution is 9.11. The lowest BCUT2D eigenvalue weighted by molar-refractivity contribution is -0.164. The molecule has 148 valence electrons. The number of methoxy groups -OCH3 is 1. The van der Waals surface area contributed by atoms with Crippen molar-refractivity contribution in [2.75, 3.05) is 7.11 Å². The molecule has 1 heterocycles. The van der Waals surface area contributed by atoms with Crippen molar-refractivity contribution in [3.05, 3.63) is 50.4 Å². The Morgan fingerprint density at radius 2 is 1.89 bits per heavy atom. The summed E-state index contributed by atoms with van der Waals surface area (Å²) in [6.07, 6.45) is -0.860. The lowest BCUT2D eigenvalue weighted by Gasteiger charge is -2.28. The summed E-state index contributed by atoms with van der Waals surface area (Å²) in [5, 5.41) is 0.648. The first-order valence-electron chi connectivity index (χ1n) is 8.72. The van der Waals surface area contributed by atoms with Crippen LogP contribution in [-0.2, 0) is 14.3 Å². The lowest BCUT2D eigenvalue weighted by atomic mass is 9.91. The quantitative estimate of drug-likeness (QED) is 0.387. The molecule has 4 nitrogen and oxygen atoms in total. The third-order valence-electron chi connectivity index (χ3n) is 4.18. The van der Waals surface area contributed by atoms with Crippen molar-refractivity contribution < 1.29 is 14.3 Å². The Morgan fingerprint density at radius 3 is 2.46 bits per heavy atom. The first kappa shape index (κ1) is 21.2. The number of aromatic nitrogens is 1. The number of nitrogens with zero attached hydrogens (tertiary/aromatic N) is 1. The van der Waals surface area contributed by atoms with Crippen molar-refractivity contribution >= 4 is 55.1 Å². The van der Waals surface area contributed by atoms with E-state index in [1.54, 1.807) is 0 Å². The van der Waals surface area contributed by atoms with Crippen LogP contribution in [0.15, 0.2) is 34.2 Å². The van der Waals surface area contributed by atoms with Gasteiger partial charge in [0, 0.05) is 16.1 Å². The second-order valence-electron chi connectivity index (χ2n) is 7.44. The molecule has 0 aliphatic carbocycles. The third kappa shape index (κ3) is 4.40. The summed E-state index contributed by atoms with van der Waals surface area (Å²) in [4.78, 5) is 17.3. The highest BCUT2D eigenvalue weighted by Crippen LogP contribution is 2.43. The number of halogens is 2. The number of aryl methyl sites for hydroxylation is 1. The molecule has 1 aromatic heterocycles. The van der Waals surface area contributed by atoms with E-state index in [2.05, 4.69) is 20.9 Å². The number of benzene rings is 2. The second kappa shape index (κ2) is 8.11. The molecule has 3 aromatic rings. The number of hydrogen-bond donors (Lipinski definition) is 0. The normalized spacial score (nSPS) is 13.0. The van der Waals surface area contributed by atoms with Crippen molar-refractivity contribution in [3.63, 3.8) is 0 Å². The minimum atomic E-state index is -0.860. The Morgan fingerprint density at radius 1 is 1.25 bits per heavy atom. The summed E-state index contributed by atoms with van der Waals surface area (Å²) >= 11 is 11.1. The minimum absolute atomic E-state index is 0.434. The first-order valence-corrected chi connectivity index (χ1v) is 10.7. The monoisotopic (exact) mass is 481 g/mol. The number of carbonyl (C=O) groups excluding carboxylic acids is 1. The van der Waals surface area contributed by atoms with Crippen molar-refractivity contribution in [1.82, 2.24) is 4.98 Å². The van der Waals surface area contributed by atoms with Gasteiger partial charge in [-0.2, -0.15) is 0 Å². The molecule has 7 heteroatoms. The molecule has 0 amide bonds. The van der Waals surface area contributed by atoms with E-state index >= 15 is 0 Å². The number of fused-ring (bicyclic) bond motifs is 1. The van der Waals surface area contributed by atoms with E-state index in [4.69, 9.17) is 21.1 Å². The fourth-order valence-corrected chi connectivity index (χ4v) is 4.76. The fraction of sp³-hybridized carbons (Fsp3) is 0.333. The van der Waals surface area contributed by atoms with Crippen LogP contribution in [0, 0.1) is 6.92 Å². The molecule has 0 saturated carbocycles. The van der Waals surface area contributed by atoms with Crippen LogP contribution in [0.25, 0.3) is 21.3 Å². The van der Waals surface area contributed by atoms with Crippen molar-refractivity contribution in [1.29, 1.82) is 0 Å². The van der Waals surface area contributed by atoms with Crippen LogP contribution in [0.3, 0.4) is 0 Å². The van der Waals surface area contributed by atoms with Crippen LogP contribution in [0.5, 0.6) is 0 Å². The van der Waals surface area contributed by atoms with Crippen LogP contribution < -0.4 is 0 Å². The zero-order valence-corrected chi connectivity index (χ0v) is 19.5.